The molecule has 0 unspecified atom stereocenters. The maximum atomic E-state index is 13.6. The third-order valence-corrected chi connectivity index (χ3v) is 7.73. The second kappa shape index (κ2) is 7.66. The second-order valence-corrected chi connectivity index (χ2v) is 10.7. The minimum atomic E-state index is -2.73. The molecule has 37 heavy (non-hydrogen) atoms. The van der Waals surface area contributed by atoms with Crippen molar-refractivity contribution in [2.45, 2.75) is 31.1 Å². The fraction of sp³-hybridized carbons (Fsp3) is 0.310. The Labute approximate surface area is 211 Å². The highest BCUT2D eigenvalue weighted by Crippen LogP contribution is 2.51. The highest BCUT2D eigenvalue weighted by Gasteiger charge is 2.51. The van der Waals surface area contributed by atoms with Crippen LogP contribution >= 0.6 is 0 Å². The van der Waals surface area contributed by atoms with Crippen LogP contribution in [0.1, 0.15) is 40.9 Å². The Morgan fingerprint density at radius 1 is 0.946 bits per heavy atom. The van der Waals surface area contributed by atoms with Crippen LogP contribution in [0, 0.1) is 0 Å². The molecule has 2 aromatic carbocycles. The van der Waals surface area contributed by atoms with E-state index in [9.17, 15) is 27.5 Å². The van der Waals surface area contributed by atoms with Crippen LogP contribution in [0.15, 0.2) is 71.8 Å². The van der Waals surface area contributed by atoms with Gasteiger partial charge in [-0.05, 0) is 51.6 Å². The molecule has 2 aliphatic carbocycles. The quantitative estimate of drug-likeness (QED) is 0.462. The van der Waals surface area contributed by atoms with Crippen molar-refractivity contribution in [3.8, 4) is 0 Å². The number of hydrogen-bond acceptors (Lipinski definition) is 3. The number of aromatic carboxylic acids is 1. The molecule has 0 amide bonds. The Kier molecular flexibility index (Phi) is 4.91. The van der Waals surface area contributed by atoms with Gasteiger partial charge in [-0.2, -0.15) is 8.78 Å². The first-order valence-electron chi connectivity index (χ1n) is 12.1. The molecule has 0 N–H and O–H groups in total. The lowest BCUT2D eigenvalue weighted by atomic mass is 9.64. The molecular formula is C29H24F4N2O2. The normalized spacial score (nSPS) is 22.5. The molecular weight excluding hydrogens is 484 g/mol. The highest BCUT2D eigenvalue weighted by molar-refractivity contribution is 6.08. The van der Waals surface area contributed by atoms with Gasteiger partial charge in [-0.3, -0.25) is 0 Å². The largest absolute Gasteiger partial charge is 0.545 e. The van der Waals surface area contributed by atoms with Gasteiger partial charge >= 0.3 is 5.92 Å². The summed E-state index contributed by atoms with van der Waals surface area (Å²) in [6, 6.07) is 12.1. The summed E-state index contributed by atoms with van der Waals surface area (Å²) >= 11 is 0. The van der Waals surface area contributed by atoms with Gasteiger partial charge in [0.15, 0.2) is 0 Å². The second-order valence-electron chi connectivity index (χ2n) is 10.7. The standard InChI is InChI=1S/C29H24F4N2O2/c1-27(2)23-11-17(34-13-28(30,31)14-34)7-9-21(23)25(19-5-3-4-6-20(19)26(36)37)22-10-8-18(12-24(22)27)35-15-29(32,33)16-35/h3-12H,13-16H2,1-2H3. The molecule has 2 aliphatic heterocycles. The van der Waals surface area contributed by atoms with E-state index in [1.807, 2.05) is 38.1 Å². The first-order valence-corrected chi connectivity index (χ1v) is 12.1. The van der Waals surface area contributed by atoms with E-state index in [4.69, 9.17) is 0 Å². The van der Waals surface area contributed by atoms with Gasteiger partial charge in [-0.25, -0.2) is 13.4 Å². The summed E-state index contributed by atoms with van der Waals surface area (Å²) in [7, 11) is 0. The zero-order valence-electron chi connectivity index (χ0n) is 20.3. The Hall–Kier alpha value is -3.68. The molecule has 6 rings (SSSR count). The molecule has 0 aromatic heterocycles. The van der Waals surface area contributed by atoms with Crippen LogP contribution < -0.4 is 10.0 Å². The number of benzene rings is 2. The minimum Gasteiger partial charge on any atom is -0.545 e. The van der Waals surface area contributed by atoms with E-state index >= 15 is 0 Å². The molecule has 4 nitrogen and oxygen atoms in total. The number of fused-ring (bicyclic) bond motifs is 2. The molecule has 2 aromatic rings. The van der Waals surface area contributed by atoms with Crippen LogP contribution in [-0.2, 0) is 5.41 Å². The lowest BCUT2D eigenvalue weighted by Gasteiger charge is -2.43. The summed E-state index contributed by atoms with van der Waals surface area (Å²) in [6.07, 6.45) is 5.53. The molecule has 8 heteroatoms. The topological polar surface area (TPSA) is 46.4 Å². The Morgan fingerprint density at radius 3 is 2.30 bits per heavy atom. The number of halogens is 4. The fourth-order valence-corrected chi connectivity index (χ4v) is 5.78. The van der Waals surface area contributed by atoms with Crippen molar-refractivity contribution in [3.63, 3.8) is 0 Å². The van der Waals surface area contributed by atoms with Gasteiger partial charge in [0.25, 0.3) is 5.92 Å². The van der Waals surface area contributed by atoms with Crippen molar-refractivity contribution in [2.75, 3.05) is 31.1 Å². The number of nitrogens with zero attached hydrogens (tertiary/aromatic N) is 2. The zero-order chi connectivity index (χ0) is 26.3. The number of rotatable bonds is 3. The van der Waals surface area contributed by atoms with Crippen LogP contribution in [0.2, 0.25) is 0 Å². The number of anilines is 1. The molecule has 2 saturated heterocycles. The van der Waals surface area contributed by atoms with E-state index in [1.165, 1.54) is 6.07 Å². The molecule has 0 saturated carbocycles. The average molecular weight is 509 g/mol. The predicted octanol–water partition coefficient (Wildman–Crippen LogP) is 4.20. The molecule has 0 atom stereocenters. The molecule has 2 heterocycles. The number of carbonyl (C=O) groups excluding carboxylic acids is 1. The third-order valence-electron chi connectivity index (χ3n) is 7.73. The van der Waals surface area contributed by atoms with E-state index in [0.29, 0.717) is 22.5 Å². The van der Waals surface area contributed by atoms with Crippen LogP contribution in [0.25, 0.3) is 5.57 Å². The van der Waals surface area contributed by atoms with Gasteiger partial charge < -0.3 is 14.8 Å². The minimum absolute atomic E-state index is 0.0343. The summed E-state index contributed by atoms with van der Waals surface area (Å²) in [6.45, 7) is 2.57. The summed E-state index contributed by atoms with van der Waals surface area (Å²) in [5.74, 6) is -6.76. The van der Waals surface area contributed by atoms with Crippen LogP contribution in [0.3, 0.4) is 0 Å². The van der Waals surface area contributed by atoms with Gasteiger partial charge in [0.1, 0.15) is 0 Å². The number of carboxylic acids is 1. The first kappa shape index (κ1) is 23.7. The van der Waals surface area contributed by atoms with Crippen LogP contribution in [0.4, 0.5) is 23.2 Å². The van der Waals surface area contributed by atoms with Crippen molar-refractivity contribution in [3.05, 3.63) is 94.1 Å². The van der Waals surface area contributed by atoms with Crippen molar-refractivity contribution in [1.29, 1.82) is 0 Å². The Balaban J connectivity index is 1.58. The molecule has 0 bridgehead atoms. The maximum absolute atomic E-state index is 13.6. The SMILES string of the molecule is CC1(C)C2=CC(=[N+]3CC(F)(F)C3)C=CC2=C(c2ccccc2C(=O)[O-])c2ccc(N3CC(F)(F)C3)cc21. The van der Waals surface area contributed by atoms with Crippen LogP contribution in [0.5, 0.6) is 0 Å². The van der Waals surface area contributed by atoms with Gasteiger partial charge in [0.2, 0.25) is 18.8 Å². The molecule has 4 aliphatic rings. The maximum Gasteiger partial charge on any atom is 0.361 e. The molecule has 0 spiro atoms. The van der Waals surface area contributed by atoms with Gasteiger partial charge in [0, 0.05) is 28.8 Å². The van der Waals surface area contributed by atoms with Crippen LogP contribution in [-0.4, -0.2) is 54.3 Å². The van der Waals surface area contributed by atoms with Gasteiger partial charge in [-0.1, -0.05) is 44.2 Å². The Morgan fingerprint density at radius 2 is 1.65 bits per heavy atom. The third kappa shape index (κ3) is 3.72. The number of carbonyl (C=O) groups is 1. The number of carboxylic acid groups (broad SMARTS) is 1. The summed E-state index contributed by atoms with van der Waals surface area (Å²) in [5.41, 5.74) is 5.20. The predicted molar refractivity (Wildman–Crippen MR) is 131 cm³/mol. The monoisotopic (exact) mass is 508 g/mol. The van der Waals surface area contributed by atoms with Crippen molar-refractivity contribution < 1.29 is 32.0 Å². The van der Waals surface area contributed by atoms with E-state index in [2.05, 4.69) is 0 Å². The smallest absolute Gasteiger partial charge is 0.361 e. The lowest BCUT2D eigenvalue weighted by molar-refractivity contribution is -0.638. The zero-order valence-corrected chi connectivity index (χ0v) is 20.3. The lowest BCUT2D eigenvalue weighted by Crippen LogP contribution is -2.56. The average Bonchev–Trinajstić information content (AvgIpc) is 2.81. The number of alkyl halides is 4. The van der Waals surface area contributed by atoms with Crippen molar-refractivity contribution in [1.82, 2.24) is 0 Å². The Bertz CT molecular complexity index is 1480. The fourth-order valence-electron chi connectivity index (χ4n) is 5.78. The van der Waals surface area contributed by atoms with Gasteiger partial charge in [0.05, 0.1) is 19.1 Å². The first-order chi connectivity index (χ1) is 17.4. The summed E-state index contributed by atoms with van der Waals surface area (Å²) in [5, 5.41) is 12.0. The molecule has 0 radical (unpaired) electrons. The number of allylic oxidation sites excluding steroid dienone is 5. The van der Waals surface area contributed by atoms with Gasteiger partial charge in [-0.15, -0.1) is 0 Å². The summed E-state index contributed by atoms with van der Waals surface area (Å²) < 4.78 is 56.1. The van der Waals surface area contributed by atoms with Crippen molar-refractivity contribution >= 4 is 22.9 Å². The molecule has 2 fully saturated rings. The van der Waals surface area contributed by atoms with E-state index in [0.717, 1.165) is 22.3 Å². The van der Waals surface area contributed by atoms with E-state index in [1.54, 1.807) is 39.8 Å². The van der Waals surface area contributed by atoms with Crippen molar-refractivity contribution in [2.24, 2.45) is 0 Å². The van der Waals surface area contributed by atoms with E-state index in [-0.39, 0.29) is 31.7 Å². The molecule has 190 valence electrons. The number of hydrogen-bond donors (Lipinski definition) is 0. The summed E-state index contributed by atoms with van der Waals surface area (Å²) in [4.78, 5) is 13.6. The van der Waals surface area contributed by atoms with E-state index < -0.39 is 23.2 Å². The highest BCUT2D eigenvalue weighted by atomic mass is 19.3.